The number of hydrogen-bond acceptors (Lipinski definition) is 5. The van der Waals surface area contributed by atoms with E-state index in [0.29, 0.717) is 31.3 Å². The first-order valence-corrected chi connectivity index (χ1v) is 7.77. The summed E-state index contributed by atoms with van der Waals surface area (Å²) in [5.74, 6) is 1.96. The average molecular weight is 316 g/mol. The molecule has 0 saturated carbocycles. The fourth-order valence-corrected chi connectivity index (χ4v) is 2.61. The summed E-state index contributed by atoms with van der Waals surface area (Å²) in [6.45, 7) is 2.88. The number of rotatable bonds is 4. The molecule has 1 aromatic carbocycles. The van der Waals surface area contributed by atoms with Gasteiger partial charge in [-0.2, -0.15) is 4.98 Å². The first kappa shape index (κ1) is 15.3. The molecule has 0 aliphatic carbocycles. The van der Waals surface area contributed by atoms with Gasteiger partial charge < -0.3 is 19.9 Å². The molecule has 7 heteroatoms. The van der Waals surface area contributed by atoms with Crippen molar-refractivity contribution in [2.75, 3.05) is 13.2 Å². The molecular weight excluding hydrogens is 296 g/mol. The maximum atomic E-state index is 12.1. The molecule has 2 heterocycles. The van der Waals surface area contributed by atoms with E-state index in [1.165, 1.54) is 0 Å². The number of aromatic nitrogens is 2. The highest BCUT2D eigenvalue weighted by molar-refractivity contribution is 5.74. The molecular formula is C16H20N4O3. The summed E-state index contributed by atoms with van der Waals surface area (Å²) in [5, 5.41) is 9.55. The Morgan fingerprint density at radius 2 is 2.26 bits per heavy atom. The third-order valence-electron chi connectivity index (χ3n) is 3.69. The number of fused-ring (bicyclic) bond motifs is 1. The van der Waals surface area contributed by atoms with Crippen LogP contribution in [0.2, 0.25) is 0 Å². The van der Waals surface area contributed by atoms with Crippen molar-refractivity contribution in [1.29, 1.82) is 0 Å². The lowest BCUT2D eigenvalue weighted by Crippen LogP contribution is -2.38. The van der Waals surface area contributed by atoms with E-state index < -0.39 is 0 Å². The molecule has 0 radical (unpaired) electrons. The van der Waals surface area contributed by atoms with Crippen molar-refractivity contribution in [3.05, 3.63) is 41.5 Å². The van der Waals surface area contributed by atoms with Crippen molar-refractivity contribution < 1.29 is 14.1 Å². The number of nitrogens with one attached hydrogen (secondary N) is 2. The Morgan fingerprint density at radius 1 is 1.39 bits per heavy atom. The standard InChI is InChI=1S/C16H20N4O3/c1-11-18-15(23-20-11)8-9-17-16(21)19-13-6-4-10-22-14-7-3-2-5-12(13)14/h2-3,5,7,13H,4,6,8-10H2,1H3,(H2,17,19,21). The molecule has 2 amide bonds. The van der Waals surface area contributed by atoms with Gasteiger partial charge in [0.25, 0.3) is 0 Å². The van der Waals surface area contributed by atoms with E-state index in [1.807, 2.05) is 24.3 Å². The quantitative estimate of drug-likeness (QED) is 0.902. The number of carbonyl (C=O) groups is 1. The molecule has 1 aromatic heterocycles. The van der Waals surface area contributed by atoms with Gasteiger partial charge in [-0.1, -0.05) is 23.4 Å². The van der Waals surface area contributed by atoms with E-state index in [0.717, 1.165) is 24.2 Å². The van der Waals surface area contributed by atoms with Gasteiger partial charge in [-0.15, -0.1) is 0 Å². The van der Waals surface area contributed by atoms with Crippen LogP contribution < -0.4 is 15.4 Å². The van der Waals surface area contributed by atoms with Crippen LogP contribution in [0.4, 0.5) is 4.79 Å². The van der Waals surface area contributed by atoms with Crippen molar-refractivity contribution in [3.8, 4) is 5.75 Å². The lowest BCUT2D eigenvalue weighted by Gasteiger charge is -2.18. The number of hydrogen-bond donors (Lipinski definition) is 2. The second-order valence-electron chi connectivity index (χ2n) is 5.47. The Labute approximate surface area is 134 Å². The molecule has 2 aromatic rings. The normalized spacial score (nSPS) is 16.8. The van der Waals surface area contributed by atoms with E-state index >= 15 is 0 Å². The minimum atomic E-state index is -0.206. The highest BCUT2D eigenvalue weighted by Crippen LogP contribution is 2.30. The van der Waals surface area contributed by atoms with Crippen LogP contribution in [0.5, 0.6) is 5.75 Å². The highest BCUT2D eigenvalue weighted by atomic mass is 16.5. The molecule has 1 aliphatic rings. The van der Waals surface area contributed by atoms with Gasteiger partial charge in [0.1, 0.15) is 5.75 Å². The molecule has 0 bridgehead atoms. The van der Waals surface area contributed by atoms with Gasteiger partial charge in [-0.05, 0) is 25.8 Å². The van der Waals surface area contributed by atoms with E-state index in [2.05, 4.69) is 20.8 Å². The summed E-state index contributed by atoms with van der Waals surface area (Å²) in [6, 6.07) is 7.58. The summed E-state index contributed by atoms with van der Waals surface area (Å²) in [4.78, 5) is 16.2. The largest absolute Gasteiger partial charge is 0.493 e. The Balaban J connectivity index is 1.53. The monoisotopic (exact) mass is 316 g/mol. The van der Waals surface area contributed by atoms with E-state index in [1.54, 1.807) is 6.92 Å². The van der Waals surface area contributed by atoms with Crippen LogP contribution in [0, 0.1) is 6.92 Å². The Bertz CT molecular complexity index is 671. The summed E-state index contributed by atoms with van der Waals surface area (Å²) >= 11 is 0. The molecule has 1 unspecified atom stereocenters. The number of ether oxygens (including phenoxy) is 1. The first-order chi connectivity index (χ1) is 11.2. The van der Waals surface area contributed by atoms with Gasteiger partial charge in [-0.25, -0.2) is 4.79 Å². The van der Waals surface area contributed by atoms with Crippen LogP contribution in [-0.2, 0) is 6.42 Å². The zero-order valence-corrected chi connectivity index (χ0v) is 13.0. The number of carbonyl (C=O) groups excluding carboxylic acids is 1. The molecule has 1 aliphatic heterocycles. The fraction of sp³-hybridized carbons (Fsp3) is 0.438. The topological polar surface area (TPSA) is 89.3 Å². The van der Waals surface area contributed by atoms with Gasteiger partial charge in [0.15, 0.2) is 5.82 Å². The van der Waals surface area contributed by atoms with E-state index in [-0.39, 0.29) is 12.1 Å². The van der Waals surface area contributed by atoms with Gasteiger partial charge in [-0.3, -0.25) is 0 Å². The van der Waals surface area contributed by atoms with Crippen LogP contribution in [0.25, 0.3) is 0 Å². The van der Waals surface area contributed by atoms with Crippen molar-refractivity contribution in [2.24, 2.45) is 0 Å². The summed E-state index contributed by atoms with van der Waals surface area (Å²) in [5.41, 5.74) is 1.02. The molecule has 3 rings (SSSR count). The number of benzene rings is 1. The Kier molecular flexibility index (Phi) is 4.75. The minimum absolute atomic E-state index is 0.0423. The molecule has 0 saturated heterocycles. The predicted octanol–water partition coefficient (Wildman–Crippen LogP) is 2.13. The summed E-state index contributed by atoms with van der Waals surface area (Å²) in [7, 11) is 0. The van der Waals surface area contributed by atoms with Crippen LogP contribution in [-0.4, -0.2) is 29.3 Å². The van der Waals surface area contributed by atoms with Crippen LogP contribution in [0.15, 0.2) is 28.8 Å². The van der Waals surface area contributed by atoms with Crippen LogP contribution in [0.1, 0.15) is 36.2 Å². The molecule has 2 N–H and O–H groups in total. The Morgan fingerprint density at radius 3 is 3.09 bits per heavy atom. The molecule has 23 heavy (non-hydrogen) atoms. The minimum Gasteiger partial charge on any atom is -0.493 e. The first-order valence-electron chi connectivity index (χ1n) is 7.77. The van der Waals surface area contributed by atoms with E-state index in [9.17, 15) is 4.79 Å². The van der Waals surface area contributed by atoms with Gasteiger partial charge >= 0.3 is 6.03 Å². The third kappa shape index (κ3) is 4.00. The van der Waals surface area contributed by atoms with Gasteiger partial charge in [0.2, 0.25) is 5.89 Å². The van der Waals surface area contributed by atoms with Crippen LogP contribution in [0.3, 0.4) is 0 Å². The van der Waals surface area contributed by atoms with Gasteiger partial charge in [0, 0.05) is 18.5 Å². The van der Waals surface area contributed by atoms with Gasteiger partial charge in [0.05, 0.1) is 12.6 Å². The third-order valence-corrected chi connectivity index (χ3v) is 3.69. The zero-order valence-electron chi connectivity index (χ0n) is 13.0. The van der Waals surface area contributed by atoms with Crippen LogP contribution >= 0.6 is 0 Å². The number of amides is 2. The second kappa shape index (κ2) is 7.13. The smallest absolute Gasteiger partial charge is 0.315 e. The molecule has 0 fully saturated rings. The fourth-order valence-electron chi connectivity index (χ4n) is 2.61. The number of para-hydroxylation sites is 1. The maximum absolute atomic E-state index is 12.1. The van der Waals surface area contributed by atoms with Crippen molar-refractivity contribution in [3.63, 3.8) is 0 Å². The van der Waals surface area contributed by atoms with Crippen molar-refractivity contribution >= 4 is 6.03 Å². The molecule has 7 nitrogen and oxygen atoms in total. The summed E-state index contributed by atoms with van der Waals surface area (Å²) < 4.78 is 10.7. The zero-order chi connectivity index (χ0) is 16.1. The van der Waals surface area contributed by atoms with E-state index in [4.69, 9.17) is 9.26 Å². The Hall–Kier alpha value is -2.57. The second-order valence-corrected chi connectivity index (χ2v) is 5.47. The number of urea groups is 1. The van der Waals surface area contributed by atoms with Crippen molar-refractivity contribution in [1.82, 2.24) is 20.8 Å². The lowest BCUT2D eigenvalue weighted by molar-refractivity contribution is 0.236. The van der Waals surface area contributed by atoms with Crippen molar-refractivity contribution in [2.45, 2.75) is 32.2 Å². The lowest BCUT2D eigenvalue weighted by atomic mass is 10.0. The molecule has 0 spiro atoms. The number of aryl methyl sites for hydroxylation is 1. The number of nitrogens with zero attached hydrogens (tertiary/aromatic N) is 2. The average Bonchev–Trinajstić information content (AvgIpc) is 2.85. The SMILES string of the molecule is Cc1noc(CCNC(=O)NC2CCCOc3ccccc32)n1. The molecule has 122 valence electrons. The molecule has 1 atom stereocenters. The highest BCUT2D eigenvalue weighted by Gasteiger charge is 2.20. The predicted molar refractivity (Wildman–Crippen MR) is 83.2 cm³/mol. The maximum Gasteiger partial charge on any atom is 0.315 e. The summed E-state index contributed by atoms with van der Waals surface area (Å²) in [6.07, 6.45) is 2.27.